The van der Waals surface area contributed by atoms with E-state index < -0.39 is 0 Å². The maximum atomic E-state index is 6.16. The zero-order valence-electron chi connectivity index (χ0n) is 10.5. The molecule has 1 aliphatic carbocycles. The third-order valence-corrected chi connectivity index (χ3v) is 3.73. The highest BCUT2D eigenvalue weighted by atomic mass is 35.5. The van der Waals surface area contributed by atoms with Crippen LogP contribution in [0.4, 0.5) is 0 Å². The number of hydrogen-bond acceptors (Lipinski definition) is 2. The Morgan fingerprint density at radius 3 is 3.00 bits per heavy atom. The van der Waals surface area contributed by atoms with Gasteiger partial charge in [0, 0.05) is 12.5 Å². The van der Waals surface area contributed by atoms with E-state index in [2.05, 4.69) is 12.2 Å². The van der Waals surface area contributed by atoms with Gasteiger partial charge >= 0.3 is 0 Å². The van der Waals surface area contributed by atoms with Crippen LogP contribution in [0, 0.1) is 12.8 Å². The van der Waals surface area contributed by atoms with Gasteiger partial charge in [-0.3, -0.25) is 0 Å². The van der Waals surface area contributed by atoms with Crippen LogP contribution in [-0.2, 0) is 0 Å². The average molecular weight is 254 g/mol. The van der Waals surface area contributed by atoms with Crippen LogP contribution in [0.1, 0.15) is 24.8 Å². The Labute approximate surface area is 108 Å². The molecule has 2 nitrogen and oxygen atoms in total. The van der Waals surface area contributed by atoms with E-state index in [1.54, 1.807) is 0 Å². The molecule has 1 aromatic rings. The Balaban J connectivity index is 2.06. The molecule has 0 amide bonds. The second-order valence-corrected chi connectivity index (χ2v) is 5.25. The van der Waals surface area contributed by atoms with Gasteiger partial charge in [-0.1, -0.05) is 17.7 Å². The lowest BCUT2D eigenvalue weighted by Gasteiger charge is -2.21. The van der Waals surface area contributed by atoms with Crippen molar-refractivity contribution < 1.29 is 4.74 Å². The van der Waals surface area contributed by atoms with Crippen molar-refractivity contribution in [3.8, 4) is 5.75 Å². The fourth-order valence-electron chi connectivity index (χ4n) is 2.52. The highest BCUT2D eigenvalue weighted by Crippen LogP contribution is 2.33. The summed E-state index contributed by atoms with van der Waals surface area (Å²) in [7, 11) is 2.00. The number of rotatable bonds is 4. The summed E-state index contributed by atoms with van der Waals surface area (Å²) in [6, 6.07) is 5.94. The predicted molar refractivity (Wildman–Crippen MR) is 71.9 cm³/mol. The van der Waals surface area contributed by atoms with Crippen molar-refractivity contribution in [1.29, 1.82) is 0 Å². The fraction of sp³-hybridized carbons (Fsp3) is 0.571. The molecule has 94 valence electrons. The van der Waals surface area contributed by atoms with Crippen LogP contribution in [0.3, 0.4) is 0 Å². The molecule has 3 heteroatoms. The van der Waals surface area contributed by atoms with Crippen LogP contribution < -0.4 is 10.1 Å². The van der Waals surface area contributed by atoms with E-state index in [4.69, 9.17) is 16.3 Å². The quantitative estimate of drug-likeness (QED) is 0.888. The molecule has 2 rings (SSSR count). The van der Waals surface area contributed by atoms with Gasteiger partial charge in [0.05, 0.1) is 5.02 Å². The van der Waals surface area contributed by atoms with Gasteiger partial charge in [-0.2, -0.15) is 0 Å². The van der Waals surface area contributed by atoms with E-state index in [0.29, 0.717) is 17.0 Å². The smallest absolute Gasteiger partial charge is 0.138 e. The number of ether oxygens (including phenoxy) is 1. The zero-order valence-corrected chi connectivity index (χ0v) is 11.3. The number of nitrogens with one attached hydrogen (secondary N) is 1. The molecule has 2 atom stereocenters. The number of halogens is 1. The van der Waals surface area contributed by atoms with Crippen LogP contribution in [0.2, 0.25) is 5.02 Å². The molecular formula is C14H20ClNO. The van der Waals surface area contributed by atoms with Gasteiger partial charge < -0.3 is 10.1 Å². The second-order valence-electron chi connectivity index (χ2n) is 4.84. The SMILES string of the molecule is CNCC1CCCC1Oc1cc(C)ccc1Cl. The summed E-state index contributed by atoms with van der Waals surface area (Å²) < 4.78 is 6.08. The lowest BCUT2D eigenvalue weighted by atomic mass is 10.1. The lowest BCUT2D eigenvalue weighted by molar-refractivity contribution is 0.158. The summed E-state index contributed by atoms with van der Waals surface area (Å²) in [6.07, 6.45) is 3.94. The predicted octanol–water partition coefficient (Wildman–Crippen LogP) is 3.42. The molecule has 0 radical (unpaired) electrons. The maximum Gasteiger partial charge on any atom is 0.138 e. The zero-order chi connectivity index (χ0) is 12.3. The first-order chi connectivity index (χ1) is 8.20. The van der Waals surface area contributed by atoms with Crippen LogP contribution in [0.5, 0.6) is 5.75 Å². The number of hydrogen-bond donors (Lipinski definition) is 1. The normalized spacial score (nSPS) is 23.9. The van der Waals surface area contributed by atoms with Crippen LogP contribution in [-0.4, -0.2) is 19.7 Å². The Kier molecular flexibility index (Phi) is 4.30. The first kappa shape index (κ1) is 12.7. The minimum absolute atomic E-state index is 0.307. The van der Waals surface area contributed by atoms with Crippen molar-refractivity contribution in [2.75, 3.05) is 13.6 Å². The van der Waals surface area contributed by atoms with Crippen LogP contribution in [0.15, 0.2) is 18.2 Å². The minimum Gasteiger partial charge on any atom is -0.489 e. The van der Waals surface area contributed by atoms with Crippen molar-refractivity contribution >= 4 is 11.6 Å². The molecule has 0 aliphatic heterocycles. The Hall–Kier alpha value is -0.730. The van der Waals surface area contributed by atoms with E-state index in [0.717, 1.165) is 18.7 Å². The molecule has 0 aromatic heterocycles. The second kappa shape index (κ2) is 5.74. The monoisotopic (exact) mass is 253 g/mol. The van der Waals surface area contributed by atoms with E-state index in [1.165, 1.54) is 18.4 Å². The van der Waals surface area contributed by atoms with Crippen molar-refractivity contribution in [2.24, 2.45) is 5.92 Å². The van der Waals surface area contributed by atoms with Crippen LogP contribution in [0.25, 0.3) is 0 Å². The topological polar surface area (TPSA) is 21.3 Å². The van der Waals surface area contributed by atoms with E-state index in [9.17, 15) is 0 Å². The van der Waals surface area contributed by atoms with Crippen molar-refractivity contribution in [1.82, 2.24) is 5.32 Å². The Bertz CT molecular complexity index is 380. The summed E-state index contributed by atoms with van der Waals surface area (Å²) in [5.74, 6) is 1.44. The Morgan fingerprint density at radius 2 is 2.24 bits per heavy atom. The van der Waals surface area contributed by atoms with Crippen molar-refractivity contribution in [3.63, 3.8) is 0 Å². The summed E-state index contributed by atoms with van der Waals surface area (Å²) >= 11 is 6.16. The van der Waals surface area contributed by atoms with Crippen molar-refractivity contribution in [3.05, 3.63) is 28.8 Å². The molecule has 1 aromatic carbocycles. The van der Waals surface area contributed by atoms with Gasteiger partial charge in [-0.05, 0) is 50.9 Å². The first-order valence-electron chi connectivity index (χ1n) is 6.28. The van der Waals surface area contributed by atoms with E-state index >= 15 is 0 Å². The molecule has 0 spiro atoms. The molecule has 17 heavy (non-hydrogen) atoms. The lowest BCUT2D eigenvalue weighted by Crippen LogP contribution is -2.29. The molecule has 2 unspecified atom stereocenters. The van der Waals surface area contributed by atoms with E-state index in [-0.39, 0.29) is 0 Å². The molecular weight excluding hydrogens is 234 g/mol. The summed E-state index contributed by atoms with van der Waals surface area (Å²) in [6.45, 7) is 3.08. The molecule has 1 aliphatic rings. The average Bonchev–Trinajstić information content (AvgIpc) is 2.72. The van der Waals surface area contributed by atoms with Gasteiger partial charge in [-0.25, -0.2) is 0 Å². The van der Waals surface area contributed by atoms with E-state index in [1.807, 2.05) is 25.2 Å². The Morgan fingerprint density at radius 1 is 1.41 bits per heavy atom. The standard InChI is InChI=1S/C14H20ClNO/c1-10-6-7-12(15)14(8-10)17-13-5-3-4-11(13)9-16-2/h6-8,11,13,16H,3-5,9H2,1-2H3. The molecule has 0 heterocycles. The summed E-state index contributed by atoms with van der Waals surface area (Å²) in [5.41, 5.74) is 1.19. The van der Waals surface area contributed by atoms with Gasteiger partial charge in [0.25, 0.3) is 0 Å². The minimum atomic E-state index is 0.307. The van der Waals surface area contributed by atoms with Crippen molar-refractivity contribution in [2.45, 2.75) is 32.3 Å². The maximum absolute atomic E-state index is 6.16. The van der Waals surface area contributed by atoms with Gasteiger partial charge in [-0.15, -0.1) is 0 Å². The molecule has 1 fully saturated rings. The van der Waals surface area contributed by atoms with Gasteiger partial charge in [0.15, 0.2) is 0 Å². The number of benzene rings is 1. The highest BCUT2D eigenvalue weighted by Gasteiger charge is 2.28. The molecule has 1 N–H and O–H groups in total. The molecule has 0 saturated heterocycles. The summed E-state index contributed by atoms with van der Waals surface area (Å²) in [5, 5.41) is 3.95. The first-order valence-corrected chi connectivity index (χ1v) is 6.66. The van der Waals surface area contributed by atoms with Crippen LogP contribution >= 0.6 is 11.6 Å². The molecule has 1 saturated carbocycles. The fourth-order valence-corrected chi connectivity index (χ4v) is 2.68. The number of aryl methyl sites for hydroxylation is 1. The summed E-state index contributed by atoms with van der Waals surface area (Å²) in [4.78, 5) is 0. The van der Waals surface area contributed by atoms with Gasteiger partial charge in [0.1, 0.15) is 11.9 Å². The highest BCUT2D eigenvalue weighted by molar-refractivity contribution is 6.32. The van der Waals surface area contributed by atoms with Gasteiger partial charge in [0.2, 0.25) is 0 Å². The molecule has 0 bridgehead atoms. The largest absolute Gasteiger partial charge is 0.489 e. The third kappa shape index (κ3) is 3.14. The third-order valence-electron chi connectivity index (χ3n) is 3.42.